The summed E-state index contributed by atoms with van der Waals surface area (Å²) in [7, 11) is 0. The summed E-state index contributed by atoms with van der Waals surface area (Å²) in [5.74, 6) is 0. The summed E-state index contributed by atoms with van der Waals surface area (Å²) in [5, 5.41) is 2.66. The van der Waals surface area contributed by atoms with Gasteiger partial charge in [0, 0.05) is 0 Å². The Balaban J connectivity index is 2.80. The average Bonchev–Trinajstić information content (AvgIpc) is 2.27. The van der Waals surface area contributed by atoms with Crippen molar-refractivity contribution in [1.82, 2.24) is 0 Å². The minimum absolute atomic E-state index is 1.15. The second-order valence-electron chi connectivity index (χ2n) is 3.50. The van der Waals surface area contributed by atoms with Crippen LogP contribution in [-0.2, 0) is 0 Å². The van der Waals surface area contributed by atoms with E-state index in [2.05, 4.69) is 37.4 Å². The van der Waals surface area contributed by atoms with Gasteiger partial charge in [-0.05, 0) is 46.5 Å². The van der Waals surface area contributed by atoms with Crippen LogP contribution in [0.1, 0.15) is 24.0 Å². The summed E-state index contributed by atoms with van der Waals surface area (Å²) in [6.07, 6.45) is 10.7. The fourth-order valence-electron chi connectivity index (χ4n) is 1.85. The minimum atomic E-state index is 1.15. The Morgan fingerprint density at radius 2 is 1.29 bits per heavy atom. The van der Waals surface area contributed by atoms with Gasteiger partial charge in [0.05, 0.1) is 0 Å². The molecular weight excluding hydrogens is 168 g/mol. The predicted molar refractivity (Wildman–Crippen MR) is 64.0 cm³/mol. The lowest BCUT2D eigenvalue weighted by atomic mass is 10.0. The van der Waals surface area contributed by atoms with Gasteiger partial charge in [-0.15, -0.1) is 0 Å². The first-order valence-corrected chi connectivity index (χ1v) is 4.94. The molecule has 1 aromatic carbocycles. The van der Waals surface area contributed by atoms with Gasteiger partial charge in [0.2, 0.25) is 0 Å². The maximum absolute atomic E-state index is 3.82. The molecule has 0 heteroatoms. The molecule has 1 aliphatic carbocycles. The van der Waals surface area contributed by atoms with Crippen LogP contribution in [0.15, 0.2) is 25.3 Å². The zero-order valence-electron chi connectivity index (χ0n) is 8.29. The molecule has 0 saturated heterocycles. The van der Waals surface area contributed by atoms with Crippen LogP contribution in [0.25, 0.3) is 24.3 Å². The van der Waals surface area contributed by atoms with Gasteiger partial charge in [-0.25, -0.2) is 0 Å². The minimum Gasteiger partial charge on any atom is -0.0984 e. The Morgan fingerprint density at radius 1 is 0.857 bits per heavy atom. The van der Waals surface area contributed by atoms with Gasteiger partial charge in [-0.1, -0.05) is 37.5 Å². The highest BCUT2D eigenvalue weighted by molar-refractivity contribution is 5.64. The van der Waals surface area contributed by atoms with Crippen LogP contribution in [0, 0.1) is 0 Å². The van der Waals surface area contributed by atoms with Crippen LogP contribution >= 0.6 is 0 Å². The third kappa shape index (κ3) is 1.44. The van der Waals surface area contributed by atoms with Crippen LogP contribution in [0.5, 0.6) is 0 Å². The van der Waals surface area contributed by atoms with E-state index in [0.29, 0.717) is 0 Å². The van der Waals surface area contributed by atoms with E-state index < -0.39 is 0 Å². The molecule has 0 N–H and O–H groups in total. The molecule has 0 aromatic heterocycles. The van der Waals surface area contributed by atoms with E-state index in [1.165, 1.54) is 21.6 Å². The first kappa shape index (κ1) is 9.01. The maximum atomic E-state index is 3.82. The summed E-state index contributed by atoms with van der Waals surface area (Å²) in [4.78, 5) is 0. The van der Waals surface area contributed by atoms with Crippen molar-refractivity contribution < 1.29 is 0 Å². The van der Waals surface area contributed by atoms with E-state index in [1.54, 1.807) is 0 Å². The zero-order valence-corrected chi connectivity index (χ0v) is 8.29. The van der Waals surface area contributed by atoms with Gasteiger partial charge in [-0.2, -0.15) is 0 Å². The number of rotatable bonds is 2. The summed E-state index contributed by atoms with van der Waals surface area (Å²) in [6.45, 7) is 7.63. The van der Waals surface area contributed by atoms with Gasteiger partial charge in [0.25, 0.3) is 0 Å². The van der Waals surface area contributed by atoms with Crippen LogP contribution in [0.2, 0.25) is 0 Å². The lowest BCUT2D eigenvalue weighted by molar-refractivity contribution is 1.12. The Labute approximate surface area is 84.6 Å². The van der Waals surface area contributed by atoms with Crippen molar-refractivity contribution >= 4 is 24.3 Å². The fraction of sp³-hybridized carbons (Fsp3) is 0.143. The molecule has 2 rings (SSSR count). The molecule has 0 unspecified atom stereocenters. The highest BCUT2D eigenvalue weighted by Gasteiger charge is 1.98. The first-order valence-electron chi connectivity index (χ1n) is 4.94. The van der Waals surface area contributed by atoms with E-state index >= 15 is 0 Å². The molecule has 0 bridgehead atoms. The smallest absolute Gasteiger partial charge is 0.0184 e. The molecule has 70 valence electrons. The van der Waals surface area contributed by atoms with Crippen molar-refractivity contribution in [2.45, 2.75) is 12.8 Å². The first-order chi connectivity index (χ1) is 6.85. The Bertz CT molecular complexity index is 443. The molecule has 0 spiro atoms. The monoisotopic (exact) mass is 182 g/mol. The number of hydrogen-bond acceptors (Lipinski definition) is 0. The second kappa shape index (κ2) is 3.67. The number of benzene rings is 1. The Morgan fingerprint density at radius 3 is 1.64 bits per heavy atom. The van der Waals surface area contributed by atoms with Crippen LogP contribution in [0.4, 0.5) is 0 Å². The zero-order chi connectivity index (χ0) is 9.97. The van der Waals surface area contributed by atoms with Gasteiger partial charge >= 0.3 is 0 Å². The van der Waals surface area contributed by atoms with Crippen molar-refractivity contribution in [3.8, 4) is 0 Å². The van der Waals surface area contributed by atoms with Crippen molar-refractivity contribution in [2.24, 2.45) is 0 Å². The topological polar surface area (TPSA) is 0 Å². The molecule has 0 radical (unpaired) electrons. The van der Waals surface area contributed by atoms with Gasteiger partial charge in [0.15, 0.2) is 0 Å². The van der Waals surface area contributed by atoms with Crippen molar-refractivity contribution in [3.05, 3.63) is 46.9 Å². The van der Waals surface area contributed by atoms with Crippen molar-refractivity contribution in [1.29, 1.82) is 0 Å². The molecule has 1 aliphatic rings. The van der Waals surface area contributed by atoms with E-state index in [0.717, 1.165) is 12.8 Å². The van der Waals surface area contributed by atoms with Crippen LogP contribution in [0.3, 0.4) is 0 Å². The largest absolute Gasteiger partial charge is 0.0984 e. The molecule has 0 amide bonds. The average molecular weight is 182 g/mol. The third-order valence-corrected chi connectivity index (χ3v) is 2.62. The van der Waals surface area contributed by atoms with E-state index in [4.69, 9.17) is 0 Å². The predicted octanol–water partition coefficient (Wildman–Crippen LogP) is 2.33. The SMILES string of the molecule is C=Cc1cc2c(cc1C=C)=CCCC=2. The standard InChI is InChI=1S/C14H14/c1-3-11-9-13-7-5-6-8-14(13)10-12(11)4-2/h3-4,7-10H,1-2,5-6H2. The van der Waals surface area contributed by atoms with E-state index in [9.17, 15) is 0 Å². The Kier molecular flexibility index (Phi) is 2.36. The number of hydrogen-bond donors (Lipinski definition) is 0. The molecule has 0 atom stereocenters. The molecule has 14 heavy (non-hydrogen) atoms. The molecule has 0 saturated carbocycles. The molecule has 0 heterocycles. The molecule has 1 aromatic rings. The lowest BCUT2D eigenvalue weighted by Gasteiger charge is -2.05. The summed E-state index contributed by atoms with van der Waals surface area (Å²) in [5.41, 5.74) is 2.34. The second-order valence-corrected chi connectivity index (χ2v) is 3.50. The molecule has 0 aliphatic heterocycles. The van der Waals surface area contributed by atoms with Gasteiger partial charge in [-0.3, -0.25) is 0 Å². The quantitative estimate of drug-likeness (QED) is 0.658. The normalized spacial score (nSPS) is 13.4. The fourth-order valence-corrected chi connectivity index (χ4v) is 1.85. The van der Waals surface area contributed by atoms with Crippen molar-refractivity contribution in [3.63, 3.8) is 0 Å². The third-order valence-electron chi connectivity index (χ3n) is 2.62. The van der Waals surface area contributed by atoms with Crippen LogP contribution in [-0.4, -0.2) is 0 Å². The van der Waals surface area contributed by atoms with Gasteiger partial charge < -0.3 is 0 Å². The molecule has 0 fully saturated rings. The Hall–Kier alpha value is -1.56. The van der Waals surface area contributed by atoms with E-state index in [1.807, 2.05) is 12.2 Å². The van der Waals surface area contributed by atoms with Gasteiger partial charge in [0.1, 0.15) is 0 Å². The summed E-state index contributed by atoms with van der Waals surface area (Å²) >= 11 is 0. The maximum Gasteiger partial charge on any atom is -0.0184 e. The summed E-state index contributed by atoms with van der Waals surface area (Å²) < 4.78 is 0. The highest BCUT2D eigenvalue weighted by atomic mass is 14.0. The number of fused-ring (bicyclic) bond motifs is 1. The van der Waals surface area contributed by atoms with Crippen LogP contribution < -0.4 is 10.4 Å². The van der Waals surface area contributed by atoms with Crippen molar-refractivity contribution in [2.75, 3.05) is 0 Å². The molecular formula is C14H14. The van der Waals surface area contributed by atoms with E-state index in [-0.39, 0.29) is 0 Å². The highest BCUT2D eigenvalue weighted by Crippen LogP contribution is 2.08. The lowest BCUT2D eigenvalue weighted by Crippen LogP contribution is -2.27. The molecule has 0 nitrogen and oxygen atoms in total. The summed E-state index contributed by atoms with van der Waals surface area (Å²) in [6, 6.07) is 4.38.